The van der Waals surface area contributed by atoms with Crippen LogP contribution in [-0.4, -0.2) is 55.2 Å². The van der Waals surface area contributed by atoms with Crippen LogP contribution in [0.15, 0.2) is 61.1 Å². The zero-order valence-corrected chi connectivity index (χ0v) is 20.9. The number of Topliss-reactive ketones (excluding diaryl/α,β-unsaturated/α-hetero) is 1. The summed E-state index contributed by atoms with van der Waals surface area (Å²) >= 11 is 0. The Hall–Kier alpha value is -4.55. The standard InChI is InChI=1S/C29H26N6O3/c1-2-5-25(37)35-22(14-20-16-38-17-23(20)35)29-33-26(27-28(30)32-12-13-34(27)29)19-9-7-18(8-10-19)24(36)15-21-6-3-4-11-31-21/h3-4,6-13,20,22-23H,14-17H2,1H3,(H2,30,32)/t20-,22-,23+/m0/s1. The third kappa shape index (κ3) is 4.09. The van der Waals surface area contributed by atoms with Crippen molar-refractivity contribution in [2.45, 2.75) is 31.8 Å². The summed E-state index contributed by atoms with van der Waals surface area (Å²) < 4.78 is 7.59. The predicted molar refractivity (Wildman–Crippen MR) is 141 cm³/mol. The van der Waals surface area contributed by atoms with E-state index in [1.165, 1.54) is 0 Å². The molecule has 2 aliphatic rings. The highest BCUT2D eigenvalue weighted by molar-refractivity contribution is 5.98. The van der Waals surface area contributed by atoms with Crippen LogP contribution in [-0.2, 0) is 16.0 Å². The Labute approximate surface area is 219 Å². The summed E-state index contributed by atoms with van der Waals surface area (Å²) in [6.45, 7) is 2.76. The molecule has 6 rings (SSSR count). The first kappa shape index (κ1) is 23.8. The van der Waals surface area contributed by atoms with Gasteiger partial charge >= 0.3 is 0 Å². The Morgan fingerprint density at radius 3 is 2.71 bits per heavy atom. The molecule has 0 aliphatic carbocycles. The number of nitrogen functional groups attached to an aromatic ring is 1. The van der Waals surface area contributed by atoms with Crippen molar-refractivity contribution in [3.05, 3.63) is 78.1 Å². The van der Waals surface area contributed by atoms with E-state index in [0.717, 1.165) is 17.7 Å². The maximum Gasteiger partial charge on any atom is 0.299 e. The number of pyridine rings is 1. The number of amides is 1. The highest BCUT2D eigenvalue weighted by Crippen LogP contribution is 2.44. The molecule has 190 valence electrons. The third-order valence-corrected chi connectivity index (χ3v) is 7.31. The summed E-state index contributed by atoms with van der Waals surface area (Å²) in [6, 6.07) is 12.5. The molecule has 1 amide bonds. The van der Waals surface area contributed by atoms with Crippen molar-refractivity contribution in [2.75, 3.05) is 18.9 Å². The minimum atomic E-state index is -0.274. The molecule has 0 radical (unpaired) electrons. The average molecular weight is 507 g/mol. The molecule has 9 nitrogen and oxygen atoms in total. The summed E-state index contributed by atoms with van der Waals surface area (Å²) in [6.07, 6.45) is 6.09. The van der Waals surface area contributed by atoms with E-state index in [1.807, 2.05) is 45.8 Å². The molecule has 0 spiro atoms. The van der Waals surface area contributed by atoms with Crippen LogP contribution in [0, 0.1) is 17.8 Å². The van der Waals surface area contributed by atoms with Gasteiger partial charge in [-0.3, -0.25) is 19.0 Å². The number of fused-ring (bicyclic) bond motifs is 2. The monoisotopic (exact) mass is 506 g/mol. The summed E-state index contributed by atoms with van der Waals surface area (Å²) in [5.74, 6) is 6.46. The number of carbonyl (C=O) groups excluding carboxylic acids is 2. The lowest BCUT2D eigenvalue weighted by Gasteiger charge is -2.26. The molecule has 38 heavy (non-hydrogen) atoms. The van der Waals surface area contributed by atoms with E-state index < -0.39 is 0 Å². The van der Waals surface area contributed by atoms with E-state index in [2.05, 4.69) is 21.8 Å². The summed E-state index contributed by atoms with van der Waals surface area (Å²) in [5.41, 5.74) is 9.78. The minimum Gasteiger partial charge on any atom is -0.382 e. The number of nitrogens with two attached hydrogens (primary N) is 1. The zero-order valence-electron chi connectivity index (χ0n) is 20.9. The van der Waals surface area contributed by atoms with Crippen LogP contribution in [0.25, 0.3) is 16.8 Å². The van der Waals surface area contributed by atoms with Gasteiger partial charge in [0.1, 0.15) is 22.9 Å². The molecule has 9 heteroatoms. The van der Waals surface area contributed by atoms with Crippen LogP contribution in [0.5, 0.6) is 0 Å². The highest BCUT2D eigenvalue weighted by Gasteiger charge is 2.48. The fourth-order valence-electron chi connectivity index (χ4n) is 5.55. The van der Waals surface area contributed by atoms with Gasteiger partial charge in [-0.25, -0.2) is 9.97 Å². The summed E-state index contributed by atoms with van der Waals surface area (Å²) in [5, 5.41) is 0. The van der Waals surface area contributed by atoms with Crippen molar-refractivity contribution in [2.24, 2.45) is 5.92 Å². The van der Waals surface area contributed by atoms with Gasteiger partial charge in [0.25, 0.3) is 5.91 Å². The first-order valence-electron chi connectivity index (χ1n) is 12.5. The molecular weight excluding hydrogens is 480 g/mol. The molecule has 5 heterocycles. The van der Waals surface area contributed by atoms with Gasteiger partial charge < -0.3 is 15.4 Å². The maximum atomic E-state index is 13.1. The van der Waals surface area contributed by atoms with Crippen molar-refractivity contribution in [3.63, 3.8) is 0 Å². The highest BCUT2D eigenvalue weighted by atomic mass is 16.5. The van der Waals surface area contributed by atoms with Crippen molar-refractivity contribution >= 4 is 23.0 Å². The van der Waals surface area contributed by atoms with Crippen molar-refractivity contribution in [1.82, 2.24) is 24.3 Å². The second kappa shape index (κ2) is 9.72. The molecule has 2 N–H and O–H groups in total. The molecule has 3 atom stereocenters. The van der Waals surface area contributed by atoms with Gasteiger partial charge in [0.15, 0.2) is 5.78 Å². The zero-order chi connectivity index (χ0) is 26.2. The lowest BCUT2D eigenvalue weighted by Crippen LogP contribution is -2.39. The lowest BCUT2D eigenvalue weighted by atomic mass is 10.0. The van der Waals surface area contributed by atoms with Gasteiger partial charge in [-0.1, -0.05) is 36.3 Å². The van der Waals surface area contributed by atoms with Gasteiger partial charge in [0.2, 0.25) is 0 Å². The van der Waals surface area contributed by atoms with Crippen LogP contribution >= 0.6 is 0 Å². The second-order valence-electron chi connectivity index (χ2n) is 9.55. The lowest BCUT2D eigenvalue weighted by molar-refractivity contribution is -0.128. The van der Waals surface area contributed by atoms with Crippen LogP contribution in [0.3, 0.4) is 0 Å². The Kier molecular flexibility index (Phi) is 6.10. The minimum absolute atomic E-state index is 0.0160. The maximum absolute atomic E-state index is 13.1. The molecule has 2 aliphatic heterocycles. The van der Waals surface area contributed by atoms with E-state index >= 15 is 0 Å². The Morgan fingerprint density at radius 2 is 1.95 bits per heavy atom. The normalized spacial score (nSPS) is 20.2. The number of hydrogen-bond donors (Lipinski definition) is 1. The number of nitrogens with zero attached hydrogens (tertiary/aromatic N) is 5. The molecule has 0 bridgehead atoms. The first-order chi connectivity index (χ1) is 18.5. The first-order valence-corrected chi connectivity index (χ1v) is 12.5. The number of benzene rings is 1. The van der Waals surface area contributed by atoms with E-state index in [-0.39, 0.29) is 36.1 Å². The van der Waals surface area contributed by atoms with Crippen LogP contribution in [0.4, 0.5) is 5.82 Å². The van der Waals surface area contributed by atoms with Crippen LogP contribution in [0.1, 0.15) is 41.3 Å². The summed E-state index contributed by atoms with van der Waals surface area (Å²) in [7, 11) is 0. The molecule has 2 saturated heterocycles. The number of rotatable bonds is 5. The molecule has 2 fully saturated rings. The number of ether oxygens (including phenoxy) is 1. The smallest absolute Gasteiger partial charge is 0.299 e. The number of carbonyl (C=O) groups is 2. The van der Waals surface area contributed by atoms with Crippen molar-refractivity contribution < 1.29 is 14.3 Å². The number of imidazole rings is 1. The Bertz CT molecular complexity index is 1590. The average Bonchev–Trinajstić information content (AvgIpc) is 3.63. The molecule has 0 unspecified atom stereocenters. The number of anilines is 1. The van der Waals surface area contributed by atoms with Crippen LogP contribution < -0.4 is 5.73 Å². The van der Waals surface area contributed by atoms with Gasteiger partial charge in [0.05, 0.1) is 31.7 Å². The molecule has 1 aromatic carbocycles. The Morgan fingerprint density at radius 1 is 1.11 bits per heavy atom. The Balaban J connectivity index is 1.38. The second-order valence-corrected chi connectivity index (χ2v) is 9.55. The number of likely N-dealkylation sites (tertiary alicyclic amines) is 1. The SMILES string of the molecule is CC#CC(=O)N1[C@@H]2COC[C@@H]2C[C@H]1c1nc(-c2ccc(C(=O)Cc3ccccn3)cc2)c2c(N)nccn12. The van der Waals surface area contributed by atoms with Crippen LogP contribution in [0.2, 0.25) is 0 Å². The topological polar surface area (TPSA) is 116 Å². The fourth-order valence-corrected chi connectivity index (χ4v) is 5.55. The number of hydrogen-bond acceptors (Lipinski definition) is 7. The van der Waals surface area contributed by atoms with E-state index in [1.54, 1.807) is 31.5 Å². The van der Waals surface area contributed by atoms with Gasteiger partial charge in [0, 0.05) is 41.3 Å². The van der Waals surface area contributed by atoms with Gasteiger partial charge in [-0.2, -0.15) is 0 Å². The van der Waals surface area contributed by atoms with E-state index in [4.69, 9.17) is 15.5 Å². The fraction of sp³-hybridized carbons (Fsp3) is 0.276. The molecular formula is C29H26N6O3. The summed E-state index contributed by atoms with van der Waals surface area (Å²) in [4.78, 5) is 41.3. The molecule has 0 saturated carbocycles. The van der Waals surface area contributed by atoms with E-state index in [0.29, 0.717) is 41.6 Å². The largest absolute Gasteiger partial charge is 0.382 e. The van der Waals surface area contributed by atoms with Crippen molar-refractivity contribution in [1.29, 1.82) is 0 Å². The van der Waals surface area contributed by atoms with Gasteiger partial charge in [-0.05, 0) is 31.4 Å². The van der Waals surface area contributed by atoms with Gasteiger partial charge in [-0.15, -0.1) is 0 Å². The quantitative estimate of drug-likeness (QED) is 0.327. The van der Waals surface area contributed by atoms with Crippen molar-refractivity contribution in [3.8, 4) is 23.1 Å². The number of ketones is 1. The molecule has 4 aromatic rings. The molecule has 3 aromatic heterocycles. The number of aromatic nitrogens is 4. The van der Waals surface area contributed by atoms with E-state index in [9.17, 15) is 9.59 Å². The predicted octanol–water partition coefficient (Wildman–Crippen LogP) is 3.11. The third-order valence-electron chi connectivity index (χ3n) is 7.31.